The molecule has 0 heterocycles. The van der Waals surface area contributed by atoms with Gasteiger partial charge in [0.1, 0.15) is 18.1 Å². The summed E-state index contributed by atoms with van der Waals surface area (Å²) >= 11 is 0. The van der Waals surface area contributed by atoms with Crippen LogP contribution in [-0.2, 0) is 9.53 Å². The maximum atomic E-state index is 11.3. The molecule has 98 valence electrons. The Balaban J connectivity index is 2.34. The predicted octanol–water partition coefficient (Wildman–Crippen LogP) is 2.48. The van der Waals surface area contributed by atoms with Crippen LogP contribution < -0.4 is 0 Å². The van der Waals surface area contributed by atoms with E-state index in [1.807, 2.05) is 0 Å². The normalized spacial score (nSPS) is 11.2. The molecule has 2 aromatic carbocycles. The third-order valence-electron chi connectivity index (χ3n) is 2.69. The van der Waals surface area contributed by atoms with Crippen LogP contribution in [0, 0.1) is 0 Å². The van der Waals surface area contributed by atoms with E-state index in [4.69, 9.17) is 4.74 Å². The fourth-order valence-electron chi connectivity index (χ4n) is 1.82. The first-order valence-corrected chi connectivity index (χ1v) is 5.76. The van der Waals surface area contributed by atoms with Gasteiger partial charge in [-0.3, -0.25) is 4.79 Å². The summed E-state index contributed by atoms with van der Waals surface area (Å²) in [5, 5.41) is 20.5. The van der Waals surface area contributed by atoms with Crippen molar-refractivity contribution in [1.29, 1.82) is 0 Å². The molecule has 0 bridgehead atoms. The van der Waals surface area contributed by atoms with E-state index in [0.29, 0.717) is 5.39 Å². The molecule has 4 heteroatoms. The van der Waals surface area contributed by atoms with Crippen molar-refractivity contribution in [2.75, 3.05) is 13.7 Å². The topological polar surface area (TPSA) is 66.8 Å². The molecule has 0 aromatic heterocycles. The van der Waals surface area contributed by atoms with Gasteiger partial charge in [-0.1, -0.05) is 18.2 Å². The number of benzene rings is 2. The van der Waals surface area contributed by atoms with Gasteiger partial charge in [0, 0.05) is 18.6 Å². The zero-order valence-corrected chi connectivity index (χ0v) is 10.5. The first kappa shape index (κ1) is 13.1. The standard InChI is InChI=1S/C15H14O4/c1-19-9-12(16)5-3-10-2-4-11-7-13(17)8-15(18)14(11)6-10/h2-8,17-18H,9H2,1H3. The fraction of sp³-hybridized carbons (Fsp3) is 0.133. The number of aromatic hydroxyl groups is 2. The summed E-state index contributed by atoms with van der Waals surface area (Å²) in [4.78, 5) is 11.3. The average Bonchev–Trinajstić information content (AvgIpc) is 2.37. The Morgan fingerprint density at radius 2 is 2.05 bits per heavy atom. The van der Waals surface area contributed by atoms with Crippen LogP contribution in [0.3, 0.4) is 0 Å². The van der Waals surface area contributed by atoms with Crippen molar-refractivity contribution in [1.82, 2.24) is 0 Å². The molecule has 0 fully saturated rings. The highest BCUT2D eigenvalue weighted by Crippen LogP contribution is 2.30. The SMILES string of the molecule is COCC(=O)C=Cc1ccc2cc(O)cc(O)c2c1. The van der Waals surface area contributed by atoms with Crippen molar-refractivity contribution in [2.45, 2.75) is 0 Å². The van der Waals surface area contributed by atoms with E-state index in [1.54, 1.807) is 30.3 Å². The first-order valence-electron chi connectivity index (χ1n) is 5.76. The number of carbonyl (C=O) groups excluding carboxylic acids is 1. The van der Waals surface area contributed by atoms with Crippen molar-refractivity contribution in [2.24, 2.45) is 0 Å². The molecule has 0 unspecified atom stereocenters. The minimum Gasteiger partial charge on any atom is -0.508 e. The number of carbonyl (C=O) groups is 1. The highest BCUT2D eigenvalue weighted by molar-refractivity contribution is 5.96. The van der Waals surface area contributed by atoms with E-state index < -0.39 is 0 Å². The lowest BCUT2D eigenvalue weighted by atomic mass is 10.1. The van der Waals surface area contributed by atoms with Gasteiger partial charge < -0.3 is 14.9 Å². The Morgan fingerprint density at radius 3 is 2.79 bits per heavy atom. The number of phenols is 2. The number of rotatable bonds is 4. The van der Waals surface area contributed by atoms with E-state index in [0.717, 1.165) is 10.9 Å². The third kappa shape index (κ3) is 3.11. The van der Waals surface area contributed by atoms with Crippen LogP contribution in [0.2, 0.25) is 0 Å². The van der Waals surface area contributed by atoms with Crippen molar-refractivity contribution in [3.63, 3.8) is 0 Å². The lowest BCUT2D eigenvalue weighted by molar-refractivity contribution is -0.117. The number of phenolic OH excluding ortho intramolecular Hbond substituents is 2. The van der Waals surface area contributed by atoms with Gasteiger partial charge in [-0.15, -0.1) is 0 Å². The van der Waals surface area contributed by atoms with Gasteiger partial charge in [-0.2, -0.15) is 0 Å². The highest BCUT2D eigenvalue weighted by atomic mass is 16.5. The van der Waals surface area contributed by atoms with Gasteiger partial charge in [0.25, 0.3) is 0 Å². The molecule has 0 saturated heterocycles. The van der Waals surface area contributed by atoms with Gasteiger partial charge >= 0.3 is 0 Å². The van der Waals surface area contributed by atoms with E-state index >= 15 is 0 Å². The monoisotopic (exact) mass is 258 g/mol. The molecular weight excluding hydrogens is 244 g/mol. The Hall–Kier alpha value is -2.33. The van der Waals surface area contributed by atoms with Crippen molar-refractivity contribution >= 4 is 22.6 Å². The molecule has 0 aliphatic rings. The Bertz CT molecular complexity index is 644. The lowest BCUT2D eigenvalue weighted by Gasteiger charge is -2.03. The molecule has 2 aromatic rings. The first-order chi connectivity index (χ1) is 9.10. The highest BCUT2D eigenvalue weighted by Gasteiger charge is 2.03. The second-order valence-corrected chi connectivity index (χ2v) is 4.18. The van der Waals surface area contributed by atoms with Crippen molar-refractivity contribution in [3.8, 4) is 11.5 Å². The van der Waals surface area contributed by atoms with Crippen molar-refractivity contribution < 1.29 is 19.7 Å². The lowest BCUT2D eigenvalue weighted by Crippen LogP contribution is -2.01. The fourth-order valence-corrected chi connectivity index (χ4v) is 1.82. The van der Waals surface area contributed by atoms with E-state index in [1.165, 1.54) is 19.3 Å². The quantitative estimate of drug-likeness (QED) is 0.827. The van der Waals surface area contributed by atoms with Crippen LogP contribution in [0.4, 0.5) is 0 Å². The molecule has 0 atom stereocenters. The molecule has 0 saturated carbocycles. The summed E-state index contributed by atoms with van der Waals surface area (Å²) in [6, 6.07) is 8.18. The molecule has 0 radical (unpaired) electrons. The molecule has 0 aliphatic carbocycles. The van der Waals surface area contributed by atoms with Gasteiger partial charge in [-0.05, 0) is 29.2 Å². The van der Waals surface area contributed by atoms with E-state index in [9.17, 15) is 15.0 Å². The van der Waals surface area contributed by atoms with Gasteiger partial charge in [-0.25, -0.2) is 0 Å². The van der Waals surface area contributed by atoms with Crippen molar-refractivity contribution in [3.05, 3.63) is 42.0 Å². The Morgan fingerprint density at radius 1 is 1.26 bits per heavy atom. The molecule has 2 N–H and O–H groups in total. The van der Waals surface area contributed by atoms with Gasteiger partial charge in [0.15, 0.2) is 5.78 Å². The maximum Gasteiger partial charge on any atom is 0.181 e. The molecule has 2 rings (SSSR count). The minimum atomic E-state index is -0.127. The van der Waals surface area contributed by atoms with E-state index in [2.05, 4.69) is 0 Å². The summed E-state index contributed by atoms with van der Waals surface area (Å²) in [5.41, 5.74) is 0.790. The summed E-state index contributed by atoms with van der Waals surface area (Å²) in [6.07, 6.45) is 3.09. The van der Waals surface area contributed by atoms with Gasteiger partial charge in [0.2, 0.25) is 0 Å². The number of hydrogen-bond acceptors (Lipinski definition) is 4. The zero-order valence-electron chi connectivity index (χ0n) is 10.5. The summed E-state index contributed by atoms with van der Waals surface area (Å²) < 4.78 is 4.73. The molecule has 4 nitrogen and oxygen atoms in total. The molecular formula is C15H14O4. The third-order valence-corrected chi connectivity index (χ3v) is 2.69. The Kier molecular flexibility index (Phi) is 3.82. The molecule has 0 aliphatic heterocycles. The van der Waals surface area contributed by atoms with Crippen LogP contribution in [-0.4, -0.2) is 29.7 Å². The second kappa shape index (κ2) is 5.54. The summed E-state index contributed by atoms with van der Waals surface area (Å²) in [5.74, 6) is -0.102. The minimum absolute atomic E-state index is 0.00784. The molecule has 19 heavy (non-hydrogen) atoms. The number of ether oxygens (including phenoxy) is 1. The summed E-state index contributed by atoms with van der Waals surface area (Å²) in [6.45, 7) is 0.0448. The number of fused-ring (bicyclic) bond motifs is 1. The second-order valence-electron chi connectivity index (χ2n) is 4.18. The number of methoxy groups -OCH3 is 1. The zero-order chi connectivity index (χ0) is 13.8. The van der Waals surface area contributed by atoms with Gasteiger partial charge in [0.05, 0.1) is 0 Å². The van der Waals surface area contributed by atoms with Crippen LogP contribution >= 0.6 is 0 Å². The maximum absolute atomic E-state index is 11.3. The predicted molar refractivity (Wildman–Crippen MR) is 73.2 cm³/mol. The average molecular weight is 258 g/mol. The van der Waals surface area contributed by atoms with Crippen LogP contribution in [0.1, 0.15) is 5.56 Å². The van der Waals surface area contributed by atoms with Crippen LogP contribution in [0.25, 0.3) is 16.8 Å². The van der Waals surface area contributed by atoms with E-state index in [-0.39, 0.29) is 23.9 Å². The number of hydrogen-bond donors (Lipinski definition) is 2. The summed E-state index contributed by atoms with van der Waals surface area (Å²) in [7, 11) is 1.46. The largest absolute Gasteiger partial charge is 0.508 e. The smallest absolute Gasteiger partial charge is 0.181 e. The molecule has 0 spiro atoms. The number of ketones is 1. The molecule has 0 amide bonds. The van der Waals surface area contributed by atoms with Crippen LogP contribution in [0.5, 0.6) is 11.5 Å². The Labute approximate surface area is 110 Å². The van der Waals surface area contributed by atoms with Crippen LogP contribution in [0.15, 0.2) is 36.4 Å².